The summed E-state index contributed by atoms with van der Waals surface area (Å²) < 4.78 is 4.70. The summed E-state index contributed by atoms with van der Waals surface area (Å²) in [6.07, 6.45) is 0. The zero-order valence-electron chi connectivity index (χ0n) is 9.18. The van der Waals surface area contributed by atoms with Crippen LogP contribution in [0.15, 0.2) is 29.2 Å². The van der Waals surface area contributed by atoms with Crippen molar-refractivity contribution < 1.29 is 14.3 Å². The molecular formula is C11H12ClNO3S. The number of nitrogens with two attached hydrogens (primary N) is 1. The molecule has 0 aliphatic carbocycles. The van der Waals surface area contributed by atoms with E-state index in [4.69, 9.17) is 22.1 Å². The summed E-state index contributed by atoms with van der Waals surface area (Å²) in [5.41, 5.74) is 4.87. The van der Waals surface area contributed by atoms with Crippen molar-refractivity contribution in [3.63, 3.8) is 0 Å². The average molecular weight is 274 g/mol. The molecule has 4 nitrogen and oxygen atoms in total. The van der Waals surface area contributed by atoms with Gasteiger partial charge in [-0.25, -0.2) is 0 Å². The number of esters is 1. The van der Waals surface area contributed by atoms with Crippen LogP contribution in [-0.4, -0.2) is 23.7 Å². The molecular weight excluding hydrogens is 262 g/mol. The Hall–Kier alpha value is -1.20. The first kappa shape index (κ1) is 13.9. The van der Waals surface area contributed by atoms with Gasteiger partial charge in [0.2, 0.25) is 0 Å². The zero-order valence-corrected chi connectivity index (χ0v) is 10.8. The van der Waals surface area contributed by atoms with E-state index < -0.39 is 17.1 Å². The van der Waals surface area contributed by atoms with Crippen molar-refractivity contribution in [3.05, 3.63) is 29.3 Å². The predicted octanol–water partition coefficient (Wildman–Crippen LogP) is 1.85. The molecule has 0 saturated heterocycles. The van der Waals surface area contributed by atoms with Gasteiger partial charge in [0.1, 0.15) is 5.25 Å². The Kier molecular flexibility index (Phi) is 5.31. The second kappa shape index (κ2) is 6.51. The number of rotatable bonds is 5. The van der Waals surface area contributed by atoms with Crippen LogP contribution in [-0.2, 0) is 14.3 Å². The fourth-order valence-electron chi connectivity index (χ4n) is 1.03. The second-order valence-corrected chi connectivity index (χ2v) is 5.14. The SMILES string of the molecule is C[C@H](Sc1ccc(Cl)cc1)C(=O)OCC(N)=O. The highest BCUT2D eigenvalue weighted by Gasteiger charge is 2.16. The molecule has 0 aliphatic heterocycles. The monoisotopic (exact) mass is 273 g/mol. The first-order valence-corrected chi connectivity index (χ1v) is 6.12. The number of thioether (sulfide) groups is 1. The van der Waals surface area contributed by atoms with Crippen molar-refractivity contribution in [3.8, 4) is 0 Å². The molecule has 0 bridgehead atoms. The van der Waals surface area contributed by atoms with Gasteiger partial charge in [-0.05, 0) is 31.2 Å². The van der Waals surface area contributed by atoms with E-state index in [0.29, 0.717) is 5.02 Å². The Labute approximate surface area is 108 Å². The summed E-state index contributed by atoms with van der Waals surface area (Å²) in [6.45, 7) is 1.31. The molecule has 0 aliphatic rings. The lowest BCUT2D eigenvalue weighted by molar-refractivity contribution is -0.146. The van der Waals surface area contributed by atoms with Crippen molar-refractivity contribution >= 4 is 35.2 Å². The summed E-state index contributed by atoms with van der Waals surface area (Å²) in [6, 6.07) is 7.10. The second-order valence-electron chi connectivity index (χ2n) is 3.29. The standard InChI is InChI=1S/C11H12ClNO3S/c1-7(11(15)16-6-10(13)14)17-9-4-2-8(12)3-5-9/h2-5,7H,6H2,1H3,(H2,13,14)/t7-/m0/s1. The fourth-order valence-corrected chi connectivity index (χ4v) is 2.02. The van der Waals surface area contributed by atoms with E-state index in [-0.39, 0.29) is 6.61 Å². The molecule has 0 fully saturated rings. The van der Waals surface area contributed by atoms with Crippen LogP contribution in [0.1, 0.15) is 6.92 Å². The topological polar surface area (TPSA) is 69.4 Å². The molecule has 6 heteroatoms. The highest BCUT2D eigenvalue weighted by Crippen LogP contribution is 2.25. The summed E-state index contributed by atoms with van der Waals surface area (Å²) in [4.78, 5) is 22.8. The van der Waals surface area contributed by atoms with Crippen LogP contribution in [0.3, 0.4) is 0 Å². The predicted molar refractivity (Wildman–Crippen MR) is 66.9 cm³/mol. The smallest absolute Gasteiger partial charge is 0.319 e. The first-order valence-electron chi connectivity index (χ1n) is 4.86. The van der Waals surface area contributed by atoms with E-state index in [1.54, 1.807) is 19.1 Å². The minimum absolute atomic E-state index is 0.385. The van der Waals surface area contributed by atoms with Gasteiger partial charge in [0, 0.05) is 9.92 Å². The summed E-state index contributed by atoms with van der Waals surface area (Å²) >= 11 is 7.07. The third kappa shape index (κ3) is 5.10. The largest absolute Gasteiger partial charge is 0.455 e. The van der Waals surface area contributed by atoms with Gasteiger partial charge in [-0.2, -0.15) is 0 Å². The molecule has 0 spiro atoms. The lowest BCUT2D eigenvalue weighted by atomic mass is 10.4. The first-order chi connectivity index (χ1) is 7.99. The number of halogens is 1. The number of hydrogen-bond donors (Lipinski definition) is 1. The van der Waals surface area contributed by atoms with E-state index in [1.807, 2.05) is 12.1 Å². The minimum atomic E-state index is -0.665. The number of amides is 1. The van der Waals surface area contributed by atoms with Gasteiger partial charge < -0.3 is 10.5 Å². The lowest BCUT2D eigenvalue weighted by Gasteiger charge is -2.10. The van der Waals surface area contributed by atoms with E-state index in [9.17, 15) is 9.59 Å². The normalized spacial score (nSPS) is 11.9. The molecule has 1 aromatic rings. The Morgan fingerprint density at radius 1 is 1.41 bits per heavy atom. The zero-order chi connectivity index (χ0) is 12.8. The van der Waals surface area contributed by atoms with Crippen molar-refractivity contribution in [2.45, 2.75) is 17.1 Å². The Morgan fingerprint density at radius 3 is 2.53 bits per heavy atom. The molecule has 17 heavy (non-hydrogen) atoms. The van der Waals surface area contributed by atoms with E-state index in [1.165, 1.54) is 11.8 Å². The van der Waals surface area contributed by atoms with Crippen molar-refractivity contribution in [2.75, 3.05) is 6.61 Å². The number of carbonyl (C=O) groups is 2. The third-order valence-electron chi connectivity index (χ3n) is 1.82. The maximum absolute atomic E-state index is 11.4. The summed E-state index contributed by atoms with van der Waals surface area (Å²) in [5.74, 6) is -1.13. The number of benzene rings is 1. The van der Waals surface area contributed by atoms with Crippen LogP contribution >= 0.6 is 23.4 Å². The average Bonchev–Trinajstić information content (AvgIpc) is 2.28. The Morgan fingerprint density at radius 2 is 2.00 bits per heavy atom. The molecule has 1 rings (SSSR count). The van der Waals surface area contributed by atoms with Crippen molar-refractivity contribution in [1.82, 2.24) is 0 Å². The molecule has 1 atom stereocenters. The van der Waals surface area contributed by atoms with Gasteiger partial charge >= 0.3 is 5.97 Å². The molecule has 92 valence electrons. The van der Waals surface area contributed by atoms with E-state index in [2.05, 4.69) is 0 Å². The van der Waals surface area contributed by atoms with Crippen LogP contribution < -0.4 is 5.73 Å². The maximum Gasteiger partial charge on any atom is 0.319 e. The molecule has 1 aromatic carbocycles. The van der Waals surface area contributed by atoms with Crippen molar-refractivity contribution in [1.29, 1.82) is 0 Å². The van der Waals surface area contributed by atoms with Gasteiger partial charge in [0.25, 0.3) is 5.91 Å². The summed E-state index contributed by atoms with van der Waals surface area (Å²) in [5, 5.41) is 0.230. The quantitative estimate of drug-likeness (QED) is 0.657. The van der Waals surface area contributed by atoms with Crippen LogP contribution in [0.4, 0.5) is 0 Å². The molecule has 0 aromatic heterocycles. The van der Waals surface area contributed by atoms with Gasteiger partial charge in [0.05, 0.1) is 0 Å². The molecule has 0 heterocycles. The fraction of sp³-hybridized carbons (Fsp3) is 0.273. The minimum Gasteiger partial charge on any atom is -0.455 e. The van der Waals surface area contributed by atoms with Gasteiger partial charge in [-0.1, -0.05) is 11.6 Å². The number of primary amides is 1. The van der Waals surface area contributed by atoms with Crippen LogP contribution in [0.25, 0.3) is 0 Å². The lowest BCUT2D eigenvalue weighted by Crippen LogP contribution is -2.24. The van der Waals surface area contributed by atoms with Gasteiger partial charge in [-0.3, -0.25) is 9.59 Å². The molecule has 0 radical (unpaired) electrons. The van der Waals surface area contributed by atoms with Gasteiger partial charge in [0.15, 0.2) is 6.61 Å². The van der Waals surface area contributed by atoms with E-state index in [0.717, 1.165) is 4.90 Å². The number of hydrogen-bond acceptors (Lipinski definition) is 4. The van der Waals surface area contributed by atoms with Crippen LogP contribution in [0.2, 0.25) is 5.02 Å². The van der Waals surface area contributed by atoms with Crippen LogP contribution in [0.5, 0.6) is 0 Å². The number of carbonyl (C=O) groups excluding carboxylic acids is 2. The molecule has 0 saturated carbocycles. The molecule has 2 N–H and O–H groups in total. The maximum atomic E-state index is 11.4. The van der Waals surface area contributed by atoms with E-state index >= 15 is 0 Å². The highest BCUT2D eigenvalue weighted by molar-refractivity contribution is 8.00. The Bertz CT molecular complexity index is 408. The van der Waals surface area contributed by atoms with Crippen LogP contribution in [0, 0.1) is 0 Å². The Balaban J connectivity index is 2.48. The highest BCUT2D eigenvalue weighted by atomic mass is 35.5. The third-order valence-corrected chi connectivity index (χ3v) is 3.16. The molecule has 0 unspecified atom stereocenters. The summed E-state index contributed by atoms with van der Waals surface area (Å²) in [7, 11) is 0. The van der Waals surface area contributed by atoms with Crippen molar-refractivity contribution in [2.24, 2.45) is 5.73 Å². The molecule has 1 amide bonds. The number of ether oxygens (including phenoxy) is 1. The van der Waals surface area contributed by atoms with Gasteiger partial charge in [-0.15, -0.1) is 11.8 Å².